The first-order valence-corrected chi connectivity index (χ1v) is 6.80. The normalized spacial score (nSPS) is 11.3. The van der Waals surface area contributed by atoms with Gasteiger partial charge in [0.1, 0.15) is 0 Å². The minimum atomic E-state index is -0.472. The summed E-state index contributed by atoms with van der Waals surface area (Å²) in [5.41, 5.74) is 9.42. The highest BCUT2D eigenvalue weighted by Gasteiger charge is 2.09. The Hall–Kier alpha value is -2.81. The Labute approximate surface area is 123 Å². The molecule has 0 unspecified atom stereocenters. The van der Waals surface area contributed by atoms with Crippen LogP contribution in [0.25, 0.3) is 23.1 Å². The predicted octanol–water partition coefficient (Wildman–Crippen LogP) is 4.05. The van der Waals surface area contributed by atoms with Gasteiger partial charge in [-0.1, -0.05) is 54.1 Å². The number of amides is 1. The summed E-state index contributed by atoms with van der Waals surface area (Å²) in [6, 6.07) is 17.4. The second-order valence-electron chi connectivity index (χ2n) is 5.05. The number of aryl methyl sites for hydroxylation is 1. The minimum Gasteiger partial charge on any atom is -0.351 e. The fourth-order valence-corrected chi connectivity index (χ4v) is 2.40. The summed E-state index contributed by atoms with van der Waals surface area (Å²) in [5, 5.41) is 1.000. The number of hydrogen-bond acceptors (Lipinski definition) is 1. The zero-order valence-corrected chi connectivity index (χ0v) is 11.8. The summed E-state index contributed by atoms with van der Waals surface area (Å²) < 4.78 is 1.53. The number of primary amides is 1. The molecule has 0 aliphatic heterocycles. The molecule has 3 nitrogen and oxygen atoms in total. The molecule has 0 radical (unpaired) electrons. The molecule has 2 aromatic carbocycles. The van der Waals surface area contributed by atoms with Crippen molar-refractivity contribution in [2.45, 2.75) is 6.92 Å². The third kappa shape index (κ3) is 2.58. The number of para-hydroxylation sites is 1. The lowest BCUT2D eigenvalue weighted by atomic mass is 10.1. The van der Waals surface area contributed by atoms with Crippen LogP contribution in [0.2, 0.25) is 0 Å². The van der Waals surface area contributed by atoms with E-state index in [0.29, 0.717) is 0 Å². The Morgan fingerprint density at radius 3 is 2.48 bits per heavy atom. The van der Waals surface area contributed by atoms with Crippen LogP contribution in [0.15, 0.2) is 54.6 Å². The first-order valence-electron chi connectivity index (χ1n) is 6.80. The van der Waals surface area contributed by atoms with Crippen LogP contribution < -0.4 is 5.73 Å². The van der Waals surface area contributed by atoms with Crippen molar-refractivity contribution in [1.29, 1.82) is 0 Å². The lowest BCUT2D eigenvalue weighted by Crippen LogP contribution is -2.20. The Kier molecular flexibility index (Phi) is 3.32. The van der Waals surface area contributed by atoms with Crippen molar-refractivity contribution in [3.8, 4) is 0 Å². The number of hydrogen-bond donors (Lipinski definition) is 1. The van der Waals surface area contributed by atoms with Gasteiger partial charge in [-0.2, -0.15) is 0 Å². The SMILES string of the molecule is Cc1ccc(/C=C/c2cc3ccccc3n2C(N)=O)cc1. The van der Waals surface area contributed by atoms with Gasteiger partial charge in [0.25, 0.3) is 0 Å². The molecule has 0 saturated carbocycles. The topological polar surface area (TPSA) is 48.0 Å². The molecule has 0 aliphatic carbocycles. The van der Waals surface area contributed by atoms with Gasteiger partial charge in [0.2, 0.25) is 0 Å². The molecule has 104 valence electrons. The Morgan fingerprint density at radius 2 is 1.76 bits per heavy atom. The molecule has 3 rings (SSSR count). The average Bonchev–Trinajstić information content (AvgIpc) is 2.85. The number of aromatic nitrogens is 1. The van der Waals surface area contributed by atoms with Crippen molar-refractivity contribution in [2.24, 2.45) is 5.73 Å². The van der Waals surface area contributed by atoms with Crippen molar-refractivity contribution in [3.05, 3.63) is 71.4 Å². The van der Waals surface area contributed by atoms with E-state index in [1.807, 2.05) is 54.6 Å². The van der Waals surface area contributed by atoms with Crippen molar-refractivity contribution in [3.63, 3.8) is 0 Å². The molecule has 1 heterocycles. The zero-order valence-electron chi connectivity index (χ0n) is 11.8. The molecule has 0 bridgehead atoms. The first kappa shape index (κ1) is 13.2. The van der Waals surface area contributed by atoms with Gasteiger partial charge in [-0.05, 0) is 30.7 Å². The number of benzene rings is 2. The Balaban J connectivity index is 2.05. The summed E-state index contributed by atoms with van der Waals surface area (Å²) in [6.45, 7) is 2.05. The number of nitrogens with zero attached hydrogens (tertiary/aromatic N) is 1. The predicted molar refractivity (Wildman–Crippen MR) is 87.0 cm³/mol. The molecule has 0 saturated heterocycles. The fraction of sp³-hybridized carbons (Fsp3) is 0.0556. The summed E-state index contributed by atoms with van der Waals surface area (Å²) in [5.74, 6) is 0. The second kappa shape index (κ2) is 5.29. The van der Waals surface area contributed by atoms with Crippen molar-refractivity contribution < 1.29 is 4.79 Å². The van der Waals surface area contributed by atoms with Crippen LogP contribution in [-0.4, -0.2) is 10.6 Å². The zero-order chi connectivity index (χ0) is 14.8. The van der Waals surface area contributed by atoms with Crippen LogP contribution in [0.3, 0.4) is 0 Å². The molecule has 1 aromatic heterocycles. The van der Waals surface area contributed by atoms with E-state index in [2.05, 4.69) is 19.1 Å². The molecular weight excluding hydrogens is 260 g/mol. The van der Waals surface area contributed by atoms with Gasteiger partial charge >= 0.3 is 6.03 Å². The van der Waals surface area contributed by atoms with Crippen LogP contribution in [0.4, 0.5) is 4.79 Å². The minimum absolute atomic E-state index is 0.472. The van der Waals surface area contributed by atoms with Gasteiger partial charge in [0.15, 0.2) is 0 Å². The standard InChI is InChI=1S/C18H16N2O/c1-13-6-8-14(9-7-13)10-11-16-12-15-4-2-3-5-17(15)20(16)18(19)21/h2-12H,1H3,(H2,19,21)/b11-10+. The average molecular weight is 276 g/mol. The van der Waals surface area contributed by atoms with Gasteiger partial charge in [-0.3, -0.25) is 4.57 Å². The van der Waals surface area contributed by atoms with Gasteiger partial charge in [-0.15, -0.1) is 0 Å². The van der Waals surface area contributed by atoms with Crippen LogP contribution in [-0.2, 0) is 0 Å². The van der Waals surface area contributed by atoms with Gasteiger partial charge < -0.3 is 5.73 Å². The molecule has 0 aliphatic rings. The summed E-state index contributed by atoms with van der Waals surface area (Å²) in [7, 11) is 0. The number of fused-ring (bicyclic) bond motifs is 1. The quantitative estimate of drug-likeness (QED) is 0.754. The molecule has 0 atom stereocenters. The van der Waals surface area contributed by atoms with Crippen LogP contribution in [0, 0.1) is 6.92 Å². The molecular formula is C18H16N2O. The van der Waals surface area contributed by atoms with E-state index in [1.165, 1.54) is 10.1 Å². The summed E-state index contributed by atoms with van der Waals surface area (Å²) in [6.07, 6.45) is 3.89. The Morgan fingerprint density at radius 1 is 1.05 bits per heavy atom. The first-order chi connectivity index (χ1) is 10.1. The van der Waals surface area contributed by atoms with Crippen LogP contribution in [0.1, 0.15) is 16.8 Å². The monoisotopic (exact) mass is 276 g/mol. The van der Waals surface area contributed by atoms with E-state index in [9.17, 15) is 4.79 Å². The number of carbonyl (C=O) groups excluding carboxylic acids is 1. The van der Waals surface area contributed by atoms with Crippen molar-refractivity contribution >= 4 is 29.1 Å². The molecule has 2 N–H and O–H groups in total. The van der Waals surface area contributed by atoms with E-state index in [-0.39, 0.29) is 0 Å². The number of rotatable bonds is 2. The lowest BCUT2D eigenvalue weighted by Gasteiger charge is -2.02. The molecule has 0 fully saturated rings. The second-order valence-corrected chi connectivity index (χ2v) is 5.05. The van der Waals surface area contributed by atoms with E-state index in [0.717, 1.165) is 22.2 Å². The maximum absolute atomic E-state index is 11.7. The molecule has 1 amide bonds. The van der Waals surface area contributed by atoms with E-state index in [1.54, 1.807) is 0 Å². The highest BCUT2D eigenvalue weighted by Crippen LogP contribution is 2.21. The largest absolute Gasteiger partial charge is 0.351 e. The van der Waals surface area contributed by atoms with Gasteiger partial charge in [-0.25, -0.2) is 4.79 Å². The Bertz CT molecular complexity index is 826. The number of nitrogens with two attached hydrogens (primary N) is 1. The van der Waals surface area contributed by atoms with E-state index >= 15 is 0 Å². The van der Waals surface area contributed by atoms with Crippen LogP contribution >= 0.6 is 0 Å². The maximum atomic E-state index is 11.7. The van der Waals surface area contributed by atoms with Crippen molar-refractivity contribution in [1.82, 2.24) is 4.57 Å². The lowest BCUT2D eigenvalue weighted by molar-refractivity contribution is 0.251. The molecule has 3 heteroatoms. The number of carbonyl (C=O) groups is 1. The summed E-state index contributed by atoms with van der Waals surface area (Å²) in [4.78, 5) is 11.7. The van der Waals surface area contributed by atoms with Gasteiger partial charge in [0, 0.05) is 5.39 Å². The van der Waals surface area contributed by atoms with Crippen LogP contribution in [0.5, 0.6) is 0 Å². The third-order valence-electron chi connectivity index (χ3n) is 3.48. The summed E-state index contributed by atoms with van der Waals surface area (Å²) >= 11 is 0. The van der Waals surface area contributed by atoms with E-state index < -0.39 is 6.03 Å². The molecule has 0 spiro atoms. The highest BCUT2D eigenvalue weighted by molar-refractivity contribution is 5.95. The molecule has 21 heavy (non-hydrogen) atoms. The van der Waals surface area contributed by atoms with Gasteiger partial charge in [0.05, 0.1) is 11.2 Å². The molecule has 3 aromatic rings. The maximum Gasteiger partial charge on any atom is 0.323 e. The smallest absolute Gasteiger partial charge is 0.323 e. The third-order valence-corrected chi connectivity index (χ3v) is 3.48. The van der Waals surface area contributed by atoms with E-state index in [4.69, 9.17) is 5.73 Å². The highest BCUT2D eigenvalue weighted by atomic mass is 16.2. The van der Waals surface area contributed by atoms with Crippen molar-refractivity contribution in [2.75, 3.05) is 0 Å². The fourth-order valence-electron chi connectivity index (χ4n) is 2.40.